The Morgan fingerprint density at radius 2 is 1.73 bits per heavy atom. The third-order valence-electron chi connectivity index (χ3n) is 6.22. The van der Waals surface area contributed by atoms with Crippen molar-refractivity contribution in [2.24, 2.45) is 5.92 Å². The molecule has 7 heteroatoms. The zero-order chi connectivity index (χ0) is 21.7. The third kappa shape index (κ3) is 3.27. The van der Waals surface area contributed by atoms with Gasteiger partial charge in [-0.1, -0.05) is 6.07 Å². The Hall–Kier alpha value is -2.48. The molecule has 0 aromatic heterocycles. The summed E-state index contributed by atoms with van der Waals surface area (Å²) in [6, 6.07) is 8.64. The van der Waals surface area contributed by atoms with Crippen LogP contribution in [0.4, 0.5) is 0 Å². The Bertz CT molecular complexity index is 955. The molecule has 3 N–H and O–H groups in total. The molecule has 0 bridgehead atoms. The summed E-state index contributed by atoms with van der Waals surface area (Å²) in [7, 11) is 3.00. The molecule has 0 amide bonds. The molecule has 1 aliphatic carbocycles. The van der Waals surface area contributed by atoms with E-state index >= 15 is 0 Å². The number of rotatable bonds is 4. The molecule has 1 saturated heterocycles. The highest BCUT2D eigenvalue weighted by molar-refractivity contribution is 5.54. The molecule has 1 fully saturated rings. The number of aromatic hydroxyl groups is 2. The third-order valence-corrected chi connectivity index (χ3v) is 6.22. The van der Waals surface area contributed by atoms with Gasteiger partial charge in [-0.05, 0) is 54.8 Å². The van der Waals surface area contributed by atoms with Gasteiger partial charge in [-0.2, -0.15) is 0 Å². The number of aliphatic hydroxyl groups excluding tert-OH is 1. The van der Waals surface area contributed by atoms with Gasteiger partial charge in [0.2, 0.25) is 0 Å². The van der Waals surface area contributed by atoms with Crippen LogP contribution in [-0.2, 0) is 15.9 Å². The molecule has 30 heavy (non-hydrogen) atoms. The Balaban J connectivity index is 1.93. The molecule has 0 radical (unpaired) electrons. The highest BCUT2D eigenvalue weighted by Crippen LogP contribution is 2.53. The lowest BCUT2D eigenvalue weighted by Gasteiger charge is -2.45. The van der Waals surface area contributed by atoms with E-state index in [0.717, 1.165) is 16.7 Å². The fraction of sp³-hybridized carbons (Fsp3) is 0.478. The molecule has 1 aliphatic heterocycles. The molecule has 3 atom stereocenters. The van der Waals surface area contributed by atoms with Crippen molar-refractivity contribution in [3.05, 3.63) is 47.0 Å². The number of ether oxygens (including phenoxy) is 4. The van der Waals surface area contributed by atoms with Gasteiger partial charge in [0.1, 0.15) is 5.60 Å². The number of methoxy groups -OCH3 is 2. The number of phenols is 2. The van der Waals surface area contributed by atoms with Gasteiger partial charge < -0.3 is 34.3 Å². The monoisotopic (exact) mass is 416 g/mol. The lowest BCUT2D eigenvalue weighted by atomic mass is 9.64. The van der Waals surface area contributed by atoms with Crippen LogP contribution in [0.1, 0.15) is 36.5 Å². The lowest BCUT2D eigenvalue weighted by molar-refractivity contribution is -0.179. The minimum Gasteiger partial charge on any atom is -0.504 e. The molecule has 3 unspecified atom stereocenters. The maximum absolute atomic E-state index is 10.5. The van der Waals surface area contributed by atoms with Gasteiger partial charge in [-0.15, -0.1) is 0 Å². The molecule has 1 spiro atoms. The summed E-state index contributed by atoms with van der Waals surface area (Å²) in [4.78, 5) is 0. The number of hydrogen-bond donors (Lipinski definition) is 3. The molecular weight excluding hydrogens is 388 g/mol. The zero-order valence-electron chi connectivity index (χ0n) is 17.6. The molecule has 0 saturated carbocycles. The highest BCUT2D eigenvalue weighted by Gasteiger charge is 2.56. The van der Waals surface area contributed by atoms with Crippen molar-refractivity contribution in [3.8, 4) is 23.0 Å². The Morgan fingerprint density at radius 3 is 2.33 bits per heavy atom. The number of benzene rings is 2. The first-order chi connectivity index (χ1) is 14.2. The number of phenolic OH excluding ortho intramolecular Hbond substituents is 2. The smallest absolute Gasteiger partial charge is 0.163 e. The summed E-state index contributed by atoms with van der Waals surface area (Å²) in [6.07, 6.45) is 0.513. The standard InChI is InChI=1S/C23H28O7/c1-22(2)29-12-23(30-22)10-14-8-20(28-4)18(26)9-15(14)21(16(23)11-24)13-5-6-17(25)19(7-13)27-3/h5-9,16,21,24-26H,10-12H2,1-4H3. The predicted octanol–water partition coefficient (Wildman–Crippen LogP) is 2.93. The maximum Gasteiger partial charge on any atom is 0.163 e. The van der Waals surface area contributed by atoms with Crippen molar-refractivity contribution >= 4 is 0 Å². The summed E-state index contributed by atoms with van der Waals surface area (Å²) < 4.78 is 23.0. The average molecular weight is 416 g/mol. The minimum absolute atomic E-state index is 0.0311. The van der Waals surface area contributed by atoms with Crippen LogP contribution in [-0.4, -0.2) is 54.1 Å². The van der Waals surface area contributed by atoms with Crippen LogP contribution >= 0.6 is 0 Å². The molecule has 4 rings (SSSR count). The van der Waals surface area contributed by atoms with Gasteiger partial charge in [0.05, 0.1) is 20.8 Å². The minimum atomic E-state index is -0.775. The Morgan fingerprint density at radius 1 is 1.03 bits per heavy atom. The normalized spacial score (nSPS) is 27.1. The summed E-state index contributed by atoms with van der Waals surface area (Å²) in [5.41, 5.74) is 1.91. The summed E-state index contributed by atoms with van der Waals surface area (Å²) in [6.45, 7) is 3.92. The molecule has 2 aliphatic rings. The van der Waals surface area contributed by atoms with Gasteiger partial charge in [-0.25, -0.2) is 0 Å². The van der Waals surface area contributed by atoms with E-state index in [1.807, 2.05) is 19.9 Å². The zero-order valence-corrected chi connectivity index (χ0v) is 17.6. The molecule has 2 aromatic carbocycles. The topological polar surface area (TPSA) is 97.6 Å². The van der Waals surface area contributed by atoms with Gasteiger partial charge in [0, 0.05) is 24.9 Å². The van der Waals surface area contributed by atoms with Gasteiger partial charge in [-0.3, -0.25) is 0 Å². The van der Waals surface area contributed by atoms with Crippen LogP contribution in [0.15, 0.2) is 30.3 Å². The first kappa shape index (κ1) is 20.8. The second-order valence-electron chi connectivity index (χ2n) is 8.45. The number of hydrogen-bond acceptors (Lipinski definition) is 7. The second-order valence-corrected chi connectivity index (χ2v) is 8.45. The highest BCUT2D eigenvalue weighted by atomic mass is 16.8. The fourth-order valence-corrected chi connectivity index (χ4v) is 4.89. The first-order valence-electron chi connectivity index (χ1n) is 9.95. The SMILES string of the molecule is COc1cc(C2c3cc(O)c(OC)cc3CC3(COC(C)(C)O3)C2CO)ccc1O. The van der Waals surface area contributed by atoms with Crippen LogP contribution in [0.5, 0.6) is 23.0 Å². The van der Waals surface area contributed by atoms with Crippen LogP contribution in [0.3, 0.4) is 0 Å². The van der Waals surface area contributed by atoms with Gasteiger partial charge in [0.15, 0.2) is 28.8 Å². The van der Waals surface area contributed by atoms with Crippen molar-refractivity contribution in [2.45, 2.75) is 37.6 Å². The van der Waals surface area contributed by atoms with Crippen molar-refractivity contribution in [2.75, 3.05) is 27.4 Å². The van der Waals surface area contributed by atoms with E-state index < -0.39 is 11.4 Å². The van der Waals surface area contributed by atoms with E-state index in [1.165, 1.54) is 14.2 Å². The largest absolute Gasteiger partial charge is 0.504 e. The van der Waals surface area contributed by atoms with Crippen LogP contribution in [0.25, 0.3) is 0 Å². The molecule has 162 valence electrons. The van der Waals surface area contributed by atoms with E-state index in [2.05, 4.69) is 0 Å². The molecule has 2 aromatic rings. The molecule has 1 heterocycles. The van der Waals surface area contributed by atoms with Crippen molar-refractivity contribution in [1.82, 2.24) is 0 Å². The Kier molecular flexibility index (Phi) is 5.08. The van der Waals surface area contributed by atoms with Crippen LogP contribution in [0, 0.1) is 5.92 Å². The van der Waals surface area contributed by atoms with Crippen LogP contribution < -0.4 is 9.47 Å². The number of aliphatic hydroxyl groups is 1. The van der Waals surface area contributed by atoms with E-state index in [0.29, 0.717) is 24.5 Å². The number of fused-ring (bicyclic) bond motifs is 1. The first-order valence-corrected chi connectivity index (χ1v) is 9.95. The molecule has 7 nitrogen and oxygen atoms in total. The quantitative estimate of drug-likeness (QED) is 0.705. The van der Waals surface area contributed by atoms with Crippen molar-refractivity contribution < 1.29 is 34.3 Å². The predicted molar refractivity (Wildman–Crippen MR) is 109 cm³/mol. The van der Waals surface area contributed by atoms with Crippen molar-refractivity contribution in [1.29, 1.82) is 0 Å². The summed E-state index contributed by atoms with van der Waals surface area (Å²) in [5.74, 6) is -0.645. The lowest BCUT2D eigenvalue weighted by Crippen LogP contribution is -2.51. The Labute approximate surface area is 175 Å². The van der Waals surface area contributed by atoms with E-state index in [4.69, 9.17) is 18.9 Å². The van der Waals surface area contributed by atoms with E-state index in [-0.39, 0.29) is 29.9 Å². The average Bonchev–Trinajstić information content (AvgIpc) is 3.02. The maximum atomic E-state index is 10.5. The van der Waals surface area contributed by atoms with Gasteiger partial charge >= 0.3 is 0 Å². The van der Waals surface area contributed by atoms with Crippen LogP contribution in [0.2, 0.25) is 0 Å². The van der Waals surface area contributed by atoms with Gasteiger partial charge in [0.25, 0.3) is 0 Å². The second kappa shape index (κ2) is 7.34. The van der Waals surface area contributed by atoms with Crippen molar-refractivity contribution in [3.63, 3.8) is 0 Å². The summed E-state index contributed by atoms with van der Waals surface area (Å²) in [5, 5.41) is 31.0. The molecular formula is C23H28O7. The van der Waals surface area contributed by atoms with E-state index in [1.54, 1.807) is 24.3 Å². The fourth-order valence-electron chi connectivity index (χ4n) is 4.89. The summed E-state index contributed by atoms with van der Waals surface area (Å²) >= 11 is 0. The van der Waals surface area contributed by atoms with E-state index in [9.17, 15) is 15.3 Å².